The highest BCUT2D eigenvalue weighted by atomic mass is 79.9. The first kappa shape index (κ1) is 14.4. The van der Waals surface area contributed by atoms with Gasteiger partial charge in [-0.3, -0.25) is 4.79 Å². The maximum atomic E-state index is 12.3. The molecule has 1 aromatic rings. The Kier molecular flexibility index (Phi) is 4.50. The molecule has 0 aromatic heterocycles. The van der Waals surface area contributed by atoms with E-state index in [1.165, 1.54) is 6.42 Å². The molecule has 1 aliphatic carbocycles. The molecule has 2 N–H and O–H groups in total. The number of hydrogen-bond donors (Lipinski definition) is 2. The predicted octanol–water partition coefficient (Wildman–Crippen LogP) is 3.47. The molecule has 2 atom stereocenters. The number of phenols is 1. The zero-order valence-corrected chi connectivity index (χ0v) is 12.7. The summed E-state index contributed by atoms with van der Waals surface area (Å²) < 4.78 is 0. The SMILES string of the molecule is CC1CCCC(CBr)(NC(=O)c2ccccc2O)C1. The van der Waals surface area contributed by atoms with Crippen molar-refractivity contribution in [3.8, 4) is 5.75 Å². The largest absolute Gasteiger partial charge is 0.507 e. The highest BCUT2D eigenvalue weighted by Gasteiger charge is 2.35. The van der Waals surface area contributed by atoms with Crippen molar-refractivity contribution in [3.63, 3.8) is 0 Å². The lowest BCUT2D eigenvalue weighted by Gasteiger charge is -2.39. The van der Waals surface area contributed by atoms with Crippen molar-refractivity contribution in [1.82, 2.24) is 5.32 Å². The Balaban J connectivity index is 2.14. The number of para-hydroxylation sites is 1. The van der Waals surface area contributed by atoms with Crippen LogP contribution in [0.25, 0.3) is 0 Å². The summed E-state index contributed by atoms with van der Waals surface area (Å²) in [5, 5.41) is 13.6. The molecule has 104 valence electrons. The minimum Gasteiger partial charge on any atom is -0.507 e. The highest BCUT2D eigenvalue weighted by molar-refractivity contribution is 9.09. The van der Waals surface area contributed by atoms with Crippen molar-refractivity contribution in [2.75, 3.05) is 5.33 Å². The van der Waals surface area contributed by atoms with Gasteiger partial charge in [-0.2, -0.15) is 0 Å². The third-order valence-corrected chi connectivity index (χ3v) is 4.95. The average Bonchev–Trinajstić information content (AvgIpc) is 2.39. The molecule has 0 spiro atoms. The number of aromatic hydroxyl groups is 1. The van der Waals surface area contributed by atoms with Crippen LogP contribution in [0.5, 0.6) is 5.75 Å². The first-order chi connectivity index (χ1) is 9.06. The molecule has 19 heavy (non-hydrogen) atoms. The van der Waals surface area contributed by atoms with Gasteiger partial charge in [0, 0.05) is 5.33 Å². The third-order valence-electron chi connectivity index (χ3n) is 3.87. The molecule has 0 heterocycles. The lowest BCUT2D eigenvalue weighted by atomic mass is 9.77. The molecule has 1 amide bonds. The van der Waals surface area contributed by atoms with Gasteiger partial charge >= 0.3 is 0 Å². The van der Waals surface area contributed by atoms with E-state index in [2.05, 4.69) is 28.2 Å². The van der Waals surface area contributed by atoms with E-state index < -0.39 is 0 Å². The van der Waals surface area contributed by atoms with Crippen molar-refractivity contribution >= 4 is 21.8 Å². The second kappa shape index (κ2) is 5.95. The molecule has 1 fully saturated rings. The van der Waals surface area contributed by atoms with Crippen molar-refractivity contribution in [2.24, 2.45) is 5.92 Å². The predicted molar refractivity (Wildman–Crippen MR) is 79.7 cm³/mol. The number of nitrogens with one attached hydrogen (secondary N) is 1. The number of phenolic OH excluding ortho intramolecular Hbond substituents is 1. The molecule has 0 aliphatic heterocycles. The Morgan fingerprint density at radius 1 is 1.53 bits per heavy atom. The van der Waals surface area contributed by atoms with Crippen LogP contribution in [-0.4, -0.2) is 21.9 Å². The Morgan fingerprint density at radius 2 is 2.26 bits per heavy atom. The smallest absolute Gasteiger partial charge is 0.255 e. The van der Waals surface area contributed by atoms with Crippen molar-refractivity contribution in [1.29, 1.82) is 0 Å². The Hall–Kier alpha value is -1.03. The van der Waals surface area contributed by atoms with Crippen LogP contribution in [0.15, 0.2) is 24.3 Å². The summed E-state index contributed by atoms with van der Waals surface area (Å²) in [6.45, 7) is 2.22. The maximum absolute atomic E-state index is 12.3. The van der Waals surface area contributed by atoms with Gasteiger partial charge in [0.05, 0.1) is 11.1 Å². The number of carbonyl (C=O) groups is 1. The molecule has 0 saturated heterocycles. The van der Waals surface area contributed by atoms with E-state index in [9.17, 15) is 9.90 Å². The van der Waals surface area contributed by atoms with Crippen LogP contribution in [0.4, 0.5) is 0 Å². The maximum Gasteiger partial charge on any atom is 0.255 e. The number of hydrogen-bond acceptors (Lipinski definition) is 2. The van der Waals surface area contributed by atoms with E-state index in [-0.39, 0.29) is 17.2 Å². The summed E-state index contributed by atoms with van der Waals surface area (Å²) in [6, 6.07) is 6.67. The number of alkyl halides is 1. The standard InChI is InChI=1S/C15H20BrNO2/c1-11-5-4-8-15(9-11,10-16)17-14(19)12-6-2-3-7-13(12)18/h2-3,6-7,11,18H,4-5,8-10H2,1H3,(H,17,19). The van der Waals surface area contributed by atoms with Crippen molar-refractivity contribution < 1.29 is 9.90 Å². The summed E-state index contributed by atoms with van der Waals surface area (Å²) in [5.74, 6) is 0.469. The summed E-state index contributed by atoms with van der Waals surface area (Å²) >= 11 is 3.54. The number of carbonyl (C=O) groups excluding carboxylic acids is 1. The van der Waals surface area contributed by atoms with Gasteiger partial charge in [-0.25, -0.2) is 0 Å². The average molecular weight is 326 g/mol. The number of amides is 1. The Labute approximate surface area is 122 Å². The van der Waals surface area contributed by atoms with Crippen LogP contribution in [0.3, 0.4) is 0 Å². The minimum absolute atomic E-state index is 0.0357. The van der Waals surface area contributed by atoms with Gasteiger partial charge in [-0.15, -0.1) is 0 Å². The summed E-state index contributed by atoms with van der Waals surface area (Å²) in [5.41, 5.74) is 0.165. The molecule has 0 radical (unpaired) electrons. The zero-order chi connectivity index (χ0) is 13.9. The van der Waals surface area contributed by atoms with E-state index in [0.29, 0.717) is 11.5 Å². The van der Waals surface area contributed by atoms with Crippen LogP contribution in [-0.2, 0) is 0 Å². The lowest BCUT2D eigenvalue weighted by molar-refractivity contribution is 0.0867. The fourth-order valence-electron chi connectivity index (χ4n) is 2.90. The van der Waals surface area contributed by atoms with Crippen LogP contribution in [0.2, 0.25) is 0 Å². The molecule has 0 bridgehead atoms. The summed E-state index contributed by atoms with van der Waals surface area (Å²) in [4.78, 5) is 12.3. The lowest BCUT2D eigenvalue weighted by Crippen LogP contribution is -2.52. The van der Waals surface area contributed by atoms with E-state index in [4.69, 9.17) is 0 Å². The number of halogens is 1. The molecule has 2 rings (SSSR count). The van der Waals surface area contributed by atoms with E-state index >= 15 is 0 Å². The quantitative estimate of drug-likeness (QED) is 0.836. The monoisotopic (exact) mass is 325 g/mol. The van der Waals surface area contributed by atoms with Gasteiger partial charge in [-0.05, 0) is 30.9 Å². The fourth-order valence-corrected chi connectivity index (χ4v) is 3.55. The fraction of sp³-hybridized carbons (Fsp3) is 0.533. The molecular weight excluding hydrogens is 306 g/mol. The zero-order valence-electron chi connectivity index (χ0n) is 11.2. The number of rotatable bonds is 3. The molecule has 1 saturated carbocycles. The Bertz CT molecular complexity index is 463. The topological polar surface area (TPSA) is 49.3 Å². The third kappa shape index (κ3) is 3.30. The van der Waals surface area contributed by atoms with Gasteiger partial charge in [-0.1, -0.05) is 47.8 Å². The molecule has 4 heteroatoms. The molecule has 1 aromatic carbocycles. The van der Waals surface area contributed by atoms with E-state index in [1.807, 2.05) is 0 Å². The van der Waals surface area contributed by atoms with Gasteiger partial charge in [0.15, 0.2) is 0 Å². The van der Waals surface area contributed by atoms with Crippen molar-refractivity contribution in [2.45, 2.75) is 38.1 Å². The summed E-state index contributed by atoms with van der Waals surface area (Å²) in [7, 11) is 0. The van der Waals surface area contributed by atoms with Crippen LogP contribution < -0.4 is 5.32 Å². The molecule has 2 unspecified atom stereocenters. The second-order valence-electron chi connectivity index (χ2n) is 5.59. The minimum atomic E-state index is -0.188. The van der Waals surface area contributed by atoms with E-state index in [0.717, 1.165) is 24.6 Å². The molecular formula is C15H20BrNO2. The van der Waals surface area contributed by atoms with E-state index in [1.54, 1.807) is 24.3 Å². The first-order valence-corrected chi connectivity index (χ1v) is 7.85. The first-order valence-electron chi connectivity index (χ1n) is 6.73. The van der Waals surface area contributed by atoms with Crippen LogP contribution >= 0.6 is 15.9 Å². The Morgan fingerprint density at radius 3 is 2.89 bits per heavy atom. The van der Waals surface area contributed by atoms with Gasteiger partial charge < -0.3 is 10.4 Å². The van der Waals surface area contributed by atoms with Gasteiger partial charge in [0.2, 0.25) is 0 Å². The normalized spacial score (nSPS) is 26.9. The number of benzene rings is 1. The summed E-state index contributed by atoms with van der Waals surface area (Å²) in [6.07, 6.45) is 4.33. The highest BCUT2D eigenvalue weighted by Crippen LogP contribution is 2.34. The van der Waals surface area contributed by atoms with Gasteiger partial charge in [0.25, 0.3) is 5.91 Å². The van der Waals surface area contributed by atoms with Crippen LogP contribution in [0, 0.1) is 5.92 Å². The van der Waals surface area contributed by atoms with Crippen molar-refractivity contribution in [3.05, 3.63) is 29.8 Å². The molecule has 1 aliphatic rings. The van der Waals surface area contributed by atoms with Gasteiger partial charge in [0.1, 0.15) is 5.75 Å². The molecule has 3 nitrogen and oxygen atoms in total. The van der Waals surface area contributed by atoms with Crippen LogP contribution in [0.1, 0.15) is 43.0 Å². The second-order valence-corrected chi connectivity index (χ2v) is 6.15.